The van der Waals surface area contributed by atoms with Crippen molar-refractivity contribution in [3.63, 3.8) is 0 Å². The van der Waals surface area contributed by atoms with Gasteiger partial charge in [-0.2, -0.15) is 0 Å². The molecule has 0 spiro atoms. The highest BCUT2D eigenvalue weighted by atomic mass is 32.2. The van der Waals surface area contributed by atoms with Gasteiger partial charge in [0.25, 0.3) is 0 Å². The Morgan fingerprint density at radius 1 is 1.36 bits per heavy atom. The summed E-state index contributed by atoms with van der Waals surface area (Å²) in [6.07, 6.45) is 2.61. The minimum Gasteiger partial charge on any atom is -0.481 e. The van der Waals surface area contributed by atoms with E-state index in [-0.39, 0.29) is 9.49 Å². The number of nitrogens with one attached hydrogen (secondary N) is 1. The summed E-state index contributed by atoms with van der Waals surface area (Å²) in [7, 11) is 0. The van der Waals surface area contributed by atoms with E-state index in [1.807, 2.05) is 17.8 Å². The molecular weight excluding hydrogens is 304 g/mol. The molecule has 0 aliphatic carbocycles. The van der Waals surface area contributed by atoms with Crippen LogP contribution in [0.4, 0.5) is 0 Å². The van der Waals surface area contributed by atoms with Crippen molar-refractivity contribution < 1.29 is 19.8 Å². The third-order valence-corrected chi connectivity index (χ3v) is 5.42. The molecule has 0 saturated carbocycles. The van der Waals surface area contributed by atoms with E-state index in [0.29, 0.717) is 12.2 Å². The molecule has 1 aliphatic rings. The van der Waals surface area contributed by atoms with E-state index in [1.54, 1.807) is 6.08 Å². The number of rotatable bonds is 8. The maximum atomic E-state index is 10.8. The van der Waals surface area contributed by atoms with Crippen LogP contribution < -0.4 is 11.1 Å². The summed E-state index contributed by atoms with van der Waals surface area (Å²) in [4.78, 5) is 21.4. The van der Waals surface area contributed by atoms with Gasteiger partial charge in [-0.1, -0.05) is 39.8 Å². The summed E-state index contributed by atoms with van der Waals surface area (Å²) in [5.74, 6) is -0.792. The van der Waals surface area contributed by atoms with Crippen LogP contribution in [0.2, 0.25) is 0 Å². The summed E-state index contributed by atoms with van der Waals surface area (Å²) in [6, 6.07) is -1.67. The van der Waals surface area contributed by atoms with E-state index in [1.165, 1.54) is 0 Å². The molecule has 22 heavy (non-hydrogen) atoms. The number of aliphatic hydroxyl groups excluding tert-OH is 1. The topological polar surface area (TPSA) is 113 Å². The molecule has 3 atom stereocenters. The molecule has 126 valence electrons. The Hall–Kier alpha value is -0.890. The van der Waals surface area contributed by atoms with Crippen LogP contribution in [-0.4, -0.2) is 50.3 Å². The summed E-state index contributed by atoms with van der Waals surface area (Å²) >= 11 is 1.90. The molecule has 0 aromatic rings. The fourth-order valence-electron chi connectivity index (χ4n) is 3.06. The first-order valence-corrected chi connectivity index (χ1v) is 8.06. The average molecular weight is 330 g/mol. The largest absolute Gasteiger partial charge is 0.481 e. The van der Waals surface area contributed by atoms with Crippen LogP contribution in [0.1, 0.15) is 34.1 Å². The lowest BCUT2D eigenvalue weighted by Crippen LogP contribution is -2.53. The van der Waals surface area contributed by atoms with Crippen molar-refractivity contribution in [1.29, 1.82) is 0 Å². The van der Waals surface area contributed by atoms with Crippen molar-refractivity contribution in [1.82, 2.24) is 5.32 Å². The van der Waals surface area contributed by atoms with Crippen LogP contribution in [0.3, 0.4) is 0 Å². The van der Waals surface area contributed by atoms with Crippen molar-refractivity contribution in [2.45, 2.75) is 61.9 Å². The highest BCUT2D eigenvalue weighted by Crippen LogP contribution is 2.59. The van der Waals surface area contributed by atoms with Gasteiger partial charge >= 0.3 is 5.97 Å². The molecule has 7 heteroatoms. The maximum absolute atomic E-state index is 10.8. The Balaban J connectivity index is 2.60. The second-order valence-electron chi connectivity index (χ2n) is 6.70. The van der Waals surface area contributed by atoms with E-state index in [4.69, 9.17) is 10.8 Å². The molecular formula is C15H26N2O4S. The lowest BCUT2D eigenvalue weighted by Gasteiger charge is -2.56. The maximum Gasteiger partial charge on any atom is 0.305 e. The van der Waals surface area contributed by atoms with Crippen molar-refractivity contribution >= 4 is 24.0 Å². The van der Waals surface area contributed by atoms with E-state index in [2.05, 4.69) is 33.0 Å². The standard InChI is InChI=1S/C15H26N2O4S/c1-14(2)11(15(3,4)22-14)6-5-10(16)13(21)17-9(8-18)7-12(19)20/h5-6,8-11,13,17,21H,7,16H2,1-4H3,(H,19,20)/b6-5+/t9-,10?,13?/m0/s1. The molecule has 2 unspecified atom stereocenters. The van der Waals surface area contributed by atoms with E-state index in [0.717, 1.165) is 0 Å². The molecule has 1 saturated heterocycles. The number of hydrogen-bond acceptors (Lipinski definition) is 6. The van der Waals surface area contributed by atoms with Crippen LogP contribution in [0.15, 0.2) is 12.2 Å². The molecule has 0 aromatic carbocycles. The predicted molar refractivity (Wildman–Crippen MR) is 87.6 cm³/mol. The molecule has 1 heterocycles. The highest BCUT2D eigenvalue weighted by molar-refractivity contribution is 8.03. The third kappa shape index (κ3) is 4.81. The Morgan fingerprint density at radius 2 is 1.91 bits per heavy atom. The van der Waals surface area contributed by atoms with Crippen molar-refractivity contribution in [3.05, 3.63) is 12.2 Å². The molecule has 0 bridgehead atoms. The van der Waals surface area contributed by atoms with Gasteiger partial charge in [0.15, 0.2) is 0 Å². The zero-order valence-corrected chi connectivity index (χ0v) is 14.3. The average Bonchev–Trinajstić information content (AvgIpc) is 2.34. The van der Waals surface area contributed by atoms with Gasteiger partial charge in [-0.25, -0.2) is 0 Å². The SMILES string of the molecule is CC1(C)SC(C)(C)C1/C=C/C(N)C(O)N[C@H](C=O)CC(=O)O. The molecule has 1 rings (SSSR count). The zero-order chi connectivity index (χ0) is 17.1. The first-order chi connectivity index (χ1) is 9.99. The second kappa shape index (κ2) is 7.12. The molecule has 0 radical (unpaired) electrons. The van der Waals surface area contributed by atoms with Crippen LogP contribution >= 0.6 is 11.8 Å². The van der Waals surface area contributed by atoms with Gasteiger partial charge in [0.1, 0.15) is 12.5 Å². The predicted octanol–water partition coefficient (Wildman–Crippen LogP) is 0.740. The Bertz CT molecular complexity index is 437. The molecule has 1 fully saturated rings. The normalized spacial score (nSPS) is 24.5. The molecule has 6 nitrogen and oxygen atoms in total. The fourth-order valence-corrected chi connectivity index (χ4v) is 5.23. The van der Waals surface area contributed by atoms with Gasteiger partial charge in [0.2, 0.25) is 0 Å². The van der Waals surface area contributed by atoms with E-state index in [9.17, 15) is 14.7 Å². The van der Waals surface area contributed by atoms with Gasteiger partial charge in [-0.05, 0) is 0 Å². The number of nitrogens with two attached hydrogens (primary N) is 1. The molecule has 0 amide bonds. The summed E-state index contributed by atoms with van der Waals surface area (Å²) < 4.78 is 0.236. The minimum atomic E-state index is -1.18. The Morgan fingerprint density at radius 3 is 2.32 bits per heavy atom. The molecule has 1 aliphatic heterocycles. The van der Waals surface area contributed by atoms with Gasteiger partial charge in [0, 0.05) is 15.4 Å². The van der Waals surface area contributed by atoms with Crippen LogP contribution in [-0.2, 0) is 9.59 Å². The fraction of sp³-hybridized carbons (Fsp3) is 0.733. The number of thioether (sulfide) groups is 1. The lowest BCUT2D eigenvalue weighted by molar-refractivity contribution is -0.138. The number of carboxylic acid groups (broad SMARTS) is 1. The second-order valence-corrected chi connectivity index (χ2v) is 9.01. The zero-order valence-electron chi connectivity index (χ0n) is 13.4. The molecule has 5 N–H and O–H groups in total. The smallest absolute Gasteiger partial charge is 0.305 e. The third-order valence-electron chi connectivity index (χ3n) is 3.86. The number of hydrogen-bond donors (Lipinski definition) is 4. The monoisotopic (exact) mass is 330 g/mol. The van der Waals surface area contributed by atoms with E-state index < -0.39 is 30.7 Å². The first-order valence-electron chi connectivity index (χ1n) is 7.25. The Kier molecular flexibility index (Phi) is 6.20. The van der Waals surface area contributed by atoms with Crippen LogP contribution in [0.25, 0.3) is 0 Å². The van der Waals surface area contributed by atoms with Gasteiger partial charge in [-0.15, -0.1) is 11.8 Å². The number of aldehydes is 1. The van der Waals surface area contributed by atoms with Gasteiger partial charge < -0.3 is 20.7 Å². The lowest BCUT2D eigenvalue weighted by atomic mass is 9.81. The number of aliphatic carboxylic acids is 1. The number of carboxylic acids is 1. The number of aliphatic hydroxyl groups is 1. The van der Waals surface area contributed by atoms with Crippen molar-refractivity contribution in [2.75, 3.05) is 0 Å². The number of carbonyl (C=O) groups excluding carboxylic acids is 1. The number of carbonyl (C=O) groups is 2. The van der Waals surface area contributed by atoms with Crippen molar-refractivity contribution in [2.24, 2.45) is 11.7 Å². The number of allylic oxidation sites excluding steroid dienone is 1. The Labute approximate surface area is 135 Å². The van der Waals surface area contributed by atoms with E-state index >= 15 is 0 Å². The van der Waals surface area contributed by atoms with Crippen molar-refractivity contribution in [3.8, 4) is 0 Å². The summed E-state index contributed by atoms with van der Waals surface area (Å²) in [5, 5.41) is 21.1. The highest BCUT2D eigenvalue weighted by Gasteiger charge is 2.52. The molecule has 0 aromatic heterocycles. The summed E-state index contributed by atoms with van der Waals surface area (Å²) in [5.41, 5.74) is 5.89. The van der Waals surface area contributed by atoms with Crippen LogP contribution in [0.5, 0.6) is 0 Å². The van der Waals surface area contributed by atoms with Crippen LogP contribution in [0, 0.1) is 5.92 Å². The minimum absolute atomic E-state index is 0.118. The summed E-state index contributed by atoms with van der Waals surface area (Å²) in [6.45, 7) is 8.64. The first kappa shape index (κ1) is 19.2. The van der Waals surface area contributed by atoms with Gasteiger partial charge in [0.05, 0.1) is 18.5 Å². The quantitative estimate of drug-likeness (QED) is 0.295. The van der Waals surface area contributed by atoms with Gasteiger partial charge in [-0.3, -0.25) is 10.1 Å².